The highest BCUT2D eigenvalue weighted by atomic mass is 32.1. The average Bonchev–Trinajstić information content (AvgIpc) is 3.24. The molecule has 0 radical (unpaired) electrons. The van der Waals surface area contributed by atoms with E-state index < -0.39 is 11.9 Å². The summed E-state index contributed by atoms with van der Waals surface area (Å²) < 4.78 is 1.07. The van der Waals surface area contributed by atoms with E-state index in [1.165, 1.54) is 0 Å². The molecule has 1 saturated heterocycles. The van der Waals surface area contributed by atoms with Crippen molar-refractivity contribution >= 4 is 39.2 Å². The van der Waals surface area contributed by atoms with Crippen LogP contribution in [-0.2, 0) is 9.59 Å². The number of carbonyl (C=O) groups excluding carboxylic acids is 1. The molecular formula is C15H16N4O3S. The Morgan fingerprint density at radius 2 is 1.96 bits per heavy atom. The number of thiophene rings is 1. The van der Waals surface area contributed by atoms with E-state index in [0.29, 0.717) is 32.6 Å². The van der Waals surface area contributed by atoms with Crippen LogP contribution in [0.15, 0.2) is 17.8 Å². The van der Waals surface area contributed by atoms with Gasteiger partial charge in [0.05, 0.1) is 22.1 Å². The molecule has 1 aliphatic heterocycles. The van der Waals surface area contributed by atoms with Crippen molar-refractivity contribution in [3.63, 3.8) is 0 Å². The summed E-state index contributed by atoms with van der Waals surface area (Å²) in [5, 5.41) is 11.0. The summed E-state index contributed by atoms with van der Waals surface area (Å²) in [7, 11) is 0. The number of hydrogen-bond donors (Lipinski definition) is 1. The van der Waals surface area contributed by atoms with Crippen molar-refractivity contribution in [2.24, 2.45) is 11.8 Å². The standard InChI is InChI=1S/C15H16N4O3S/c20-14(9-7-10(9)15(21)22)19-4-2-18(3-5-19)13-12-11(1-6-23-12)16-8-17-13/h1,6,8-10H,2-5,7H2,(H,21,22). The number of piperazine rings is 1. The van der Waals surface area contributed by atoms with E-state index in [0.717, 1.165) is 16.0 Å². The first-order chi connectivity index (χ1) is 11.1. The molecule has 23 heavy (non-hydrogen) atoms. The zero-order valence-electron chi connectivity index (χ0n) is 12.4. The Balaban J connectivity index is 1.42. The lowest BCUT2D eigenvalue weighted by Crippen LogP contribution is -2.49. The Hall–Kier alpha value is -2.22. The fourth-order valence-electron chi connectivity index (χ4n) is 3.12. The molecule has 1 amide bonds. The number of carboxylic acids is 1. The van der Waals surface area contributed by atoms with Gasteiger partial charge in [-0.3, -0.25) is 9.59 Å². The largest absolute Gasteiger partial charge is 0.481 e. The lowest BCUT2D eigenvalue weighted by atomic mass is 10.2. The fourth-order valence-corrected chi connectivity index (χ4v) is 3.98. The average molecular weight is 332 g/mol. The van der Waals surface area contributed by atoms with E-state index in [1.54, 1.807) is 22.6 Å². The molecule has 2 atom stereocenters. The summed E-state index contributed by atoms with van der Waals surface area (Å²) in [6, 6.07) is 1.98. The molecule has 1 N–H and O–H groups in total. The number of aliphatic carboxylic acids is 1. The van der Waals surface area contributed by atoms with Crippen LogP contribution >= 0.6 is 11.3 Å². The Morgan fingerprint density at radius 1 is 1.17 bits per heavy atom. The smallest absolute Gasteiger partial charge is 0.307 e. The molecule has 4 rings (SSSR count). The van der Waals surface area contributed by atoms with E-state index in [4.69, 9.17) is 5.11 Å². The Labute approximate surface area is 136 Å². The second kappa shape index (κ2) is 5.45. The number of aromatic nitrogens is 2. The van der Waals surface area contributed by atoms with Crippen LogP contribution < -0.4 is 4.90 Å². The number of nitrogens with zero attached hydrogens (tertiary/aromatic N) is 4. The van der Waals surface area contributed by atoms with Crippen molar-refractivity contribution in [1.29, 1.82) is 0 Å². The number of carbonyl (C=O) groups is 2. The van der Waals surface area contributed by atoms with Crippen LogP contribution in [0.5, 0.6) is 0 Å². The molecule has 1 saturated carbocycles. The van der Waals surface area contributed by atoms with E-state index in [9.17, 15) is 9.59 Å². The zero-order valence-corrected chi connectivity index (χ0v) is 13.2. The summed E-state index contributed by atoms with van der Waals surface area (Å²) in [4.78, 5) is 35.8. The molecule has 3 heterocycles. The second-order valence-electron chi connectivity index (χ2n) is 5.93. The number of amides is 1. The summed E-state index contributed by atoms with van der Waals surface area (Å²) in [6.07, 6.45) is 2.06. The molecular weight excluding hydrogens is 316 g/mol. The van der Waals surface area contributed by atoms with Gasteiger partial charge in [0.2, 0.25) is 5.91 Å². The van der Waals surface area contributed by atoms with Crippen LogP contribution in [0.1, 0.15) is 6.42 Å². The van der Waals surface area contributed by atoms with Crippen molar-refractivity contribution in [3.8, 4) is 0 Å². The van der Waals surface area contributed by atoms with Gasteiger partial charge in [0.25, 0.3) is 0 Å². The predicted molar refractivity (Wildman–Crippen MR) is 85.4 cm³/mol. The van der Waals surface area contributed by atoms with Crippen molar-refractivity contribution in [2.45, 2.75) is 6.42 Å². The summed E-state index contributed by atoms with van der Waals surface area (Å²) in [6.45, 7) is 2.64. The molecule has 0 spiro atoms. The summed E-state index contributed by atoms with van der Waals surface area (Å²) >= 11 is 1.62. The van der Waals surface area contributed by atoms with Crippen LogP contribution in [0.25, 0.3) is 10.2 Å². The van der Waals surface area contributed by atoms with Crippen molar-refractivity contribution in [3.05, 3.63) is 17.8 Å². The van der Waals surface area contributed by atoms with Crippen LogP contribution in [0.4, 0.5) is 5.82 Å². The van der Waals surface area contributed by atoms with E-state index in [2.05, 4.69) is 14.9 Å². The quantitative estimate of drug-likeness (QED) is 0.904. The SMILES string of the molecule is O=C(O)C1CC1C(=O)N1CCN(c2ncnc3ccsc23)CC1. The highest BCUT2D eigenvalue weighted by Gasteiger charge is 2.50. The van der Waals surface area contributed by atoms with Crippen LogP contribution in [0.2, 0.25) is 0 Å². The predicted octanol–water partition coefficient (Wildman–Crippen LogP) is 1.06. The van der Waals surface area contributed by atoms with Crippen molar-refractivity contribution in [1.82, 2.24) is 14.9 Å². The highest BCUT2D eigenvalue weighted by molar-refractivity contribution is 7.17. The molecule has 2 fully saturated rings. The second-order valence-corrected chi connectivity index (χ2v) is 6.85. The number of rotatable bonds is 3. The van der Waals surface area contributed by atoms with Gasteiger partial charge in [-0.15, -0.1) is 11.3 Å². The minimum atomic E-state index is -0.858. The van der Waals surface area contributed by atoms with Gasteiger partial charge >= 0.3 is 5.97 Å². The van der Waals surface area contributed by atoms with Crippen LogP contribution in [0.3, 0.4) is 0 Å². The molecule has 1 aliphatic carbocycles. The van der Waals surface area contributed by atoms with Gasteiger partial charge in [-0.25, -0.2) is 9.97 Å². The minimum Gasteiger partial charge on any atom is -0.481 e. The molecule has 2 aromatic rings. The lowest BCUT2D eigenvalue weighted by molar-refractivity contribution is -0.142. The number of fused-ring (bicyclic) bond motifs is 1. The maximum Gasteiger partial charge on any atom is 0.307 e. The Morgan fingerprint density at radius 3 is 2.65 bits per heavy atom. The van der Waals surface area contributed by atoms with E-state index in [-0.39, 0.29) is 11.8 Å². The lowest BCUT2D eigenvalue weighted by Gasteiger charge is -2.35. The molecule has 8 heteroatoms. The Bertz CT molecular complexity index is 769. The van der Waals surface area contributed by atoms with Gasteiger partial charge in [-0.2, -0.15) is 0 Å². The van der Waals surface area contributed by atoms with Crippen LogP contribution in [-0.4, -0.2) is 58.0 Å². The first-order valence-corrected chi connectivity index (χ1v) is 8.48. The zero-order chi connectivity index (χ0) is 16.0. The van der Waals surface area contributed by atoms with Gasteiger partial charge in [0, 0.05) is 26.2 Å². The molecule has 2 aliphatic rings. The molecule has 7 nitrogen and oxygen atoms in total. The summed E-state index contributed by atoms with van der Waals surface area (Å²) in [5.74, 6) is -0.744. The third-order valence-corrected chi connectivity index (χ3v) is 5.44. The summed E-state index contributed by atoms with van der Waals surface area (Å²) in [5.41, 5.74) is 0.945. The maximum atomic E-state index is 12.3. The van der Waals surface area contributed by atoms with Crippen molar-refractivity contribution in [2.75, 3.05) is 31.1 Å². The van der Waals surface area contributed by atoms with Crippen molar-refractivity contribution < 1.29 is 14.7 Å². The van der Waals surface area contributed by atoms with Gasteiger partial charge < -0.3 is 14.9 Å². The number of hydrogen-bond acceptors (Lipinski definition) is 6. The molecule has 120 valence electrons. The highest BCUT2D eigenvalue weighted by Crippen LogP contribution is 2.40. The fraction of sp³-hybridized carbons (Fsp3) is 0.467. The molecule has 0 aromatic carbocycles. The van der Waals surface area contributed by atoms with Gasteiger partial charge in [-0.1, -0.05) is 0 Å². The third-order valence-electron chi connectivity index (χ3n) is 4.54. The first-order valence-electron chi connectivity index (χ1n) is 7.60. The van der Waals surface area contributed by atoms with E-state index >= 15 is 0 Å². The number of anilines is 1. The van der Waals surface area contributed by atoms with Crippen LogP contribution in [0, 0.1) is 11.8 Å². The Kier molecular flexibility index (Phi) is 3.41. The normalized spacial score (nSPS) is 24.0. The van der Waals surface area contributed by atoms with Gasteiger partial charge in [-0.05, 0) is 17.9 Å². The number of carboxylic acid groups (broad SMARTS) is 1. The minimum absolute atomic E-state index is 0.0130. The molecule has 2 aromatic heterocycles. The first kappa shape index (κ1) is 14.4. The van der Waals surface area contributed by atoms with E-state index in [1.807, 2.05) is 11.4 Å². The van der Waals surface area contributed by atoms with Gasteiger partial charge in [0.1, 0.15) is 12.1 Å². The van der Waals surface area contributed by atoms with Gasteiger partial charge in [0.15, 0.2) is 0 Å². The monoisotopic (exact) mass is 332 g/mol. The molecule has 0 bridgehead atoms. The third kappa shape index (κ3) is 2.52. The maximum absolute atomic E-state index is 12.3. The molecule has 2 unspecified atom stereocenters. The topological polar surface area (TPSA) is 86.6 Å².